The molecule has 0 aromatic carbocycles. The SMILES string of the molecule is O=C1NCCCN1C[Si]. The molecular weight excluding hydrogens is 132 g/mol. The molecule has 0 bridgehead atoms. The lowest BCUT2D eigenvalue weighted by Gasteiger charge is -2.25. The van der Waals surface area contributed by atoms with Crippen LogP contribution in [0.25, 0.3) is 0 Å². The molecule has 0 aromatic heterocycles. The van der Waals surface area contributed by atoms with E-state index >= 15 is 0 Å². The summed E-state index contributed by atoms with van der Waals surface area (Å²) in [4.78, 5) is 12.5. The molecule has 1 aliphatic heterocycles. The van der Waals surface area contributed by atoms with E-state index < -0.39 is 0 Å². The van der Waals surface area contributed by atoms with Crippen LogP contribution in [0, 0.1) is 0 Å². The Balaban J connectivity index is 2.39. The minimum atomic E-state index is 0.0382. The van der Waals surface area contributed by atoms with E-state index in [1.54, 1.807) is 4.90 Å². The molecule has 1 saturated heterocycles. The lowest BCUT2D eigenvalue weighted by molar-refractivity contribution is 0.195. The third kappa shape index (κ3) is 1.45. The van der Waals surface area contributed by atoms with Crippen LogP contribution >= 0.6 is 0 Å². The second-order valence-corrected chi connectivity index (χ2v) is 2.32. The van der Waals surface area contributed by atoms with Crippen LogP contribution in [0.5, 0.6) is 0 Å². The van der Waals surface area contributed by atoms with E-state index in [0.717, 1.165) is 19.5 Å². The van der Waals surface area contributed by atoms with Crippen LogP contribution in [0.1, 0.15) is 6.42 Å². The van der Waals surface area contributed by atoms with Crippen molar-refractivity contribution in [3.05, 3.63) is 0 Å². The highest BCUT2D eigenvalue weighted by atomic mass is 28.1. The molecule has 49 valence electrons. The van der Waals surface area contributed by atoms with Crippen molar-refractivity contribution in [2.45, 2.75) is 6.42 Å². The summed E-state index contributed by atoms with van der Waals surface area (Å²) in [5.74, 6) is 0. The van der Waals surface area contributed by atoms with E-state index in [1.807, 2.05) is 0 Å². The molecule has 1 rings (SSSR count). The lowest BCUT2D eigenvalue weighted by atomic mass is 10.3. The van der Waals surface area contributed by atoms with Crippen LogP contribution in [0.15, 0.2) is 0 Å². The topological polar surface area (TPSA) is 32.3 Å². The smallest absolute Gasteiger partial charge is 0.317 e. The number of carbonyl (C=O) groups excluding carboxylic acids is 1. The number of rotatable bonds is 1. The molecule has 2 amide bonds. The van der Waals surface area contributed by atoms with Crippen molar-refractivity contribution < 1.29 is 4.79 Å². The summed E-state index contributed by atoms with van der Waals surface area (Å²) in [6, 6.07) is 0.0382. The van der Waals surface area contributed by atoms with Gasteiger partial charge < -0.3 is 10.2 Å². The maximum absolute atomic E-state index is 10.8. The molecule has 0 atom stereocenters. The Morgan fingerprint density at radius 1 is 1.78 bits per heavy atom. The molecule has 0 saturated carbocycles. The first kappa shape index (κ1) is 6.60. The van der Waals surface area contributed by atoms with E-state index in [-0.39, 0.29) is 6.03 Å². The molecule has 0 aliphatic carbocycles. The fourth-order valence-corrected chi connectivity index (χ4v) is 1.13. The van der Waals surface area contributed by atoms with Crippen molar-refractivity contribution in [3.63, 3.8) is 0 Å². The van der Waals surface area contributed by atoms with Gasteiger partial charge in [-0.3, -0.25) is 0 Å². The van der Waals surface area contributed by atoms with Gasteiger partial charge in [-0.25, -0.2) is 4.79 Å². The Hall–Kier alpha value is -0.513. The van der Waals surface area contributed by atoms with Crippen molar-refractivity contribution in [2.75, 3.05) is 19.3 Å². The van der Waals surface area contributed by atoms with Gasteiger partial charge >= 0.3 is 6.03 Å². The van der Waals surface area contributed by atoms with E-state index in [2.05, 4.69) is 15.6 Å². The number of amides is 2. The fourth-order valence-electron chi connectivity index (χ4n) is 0.829. The molecule has 4 heteroatoms. The largest absolute Gasteiger partial charge is 0.338 e. The predicted octanol–water partition coefficient (Wildman–Crippen LogP) is -0.472. The minimum absolute atomic E-state index is 0.0382. The zero-order chi connectivity index (χ0) is 6.69. The molecule has 3 nitrogen and oxygen atoms in total. The normalized spacial score (nSPS) is 19.7. The van der Waals surface area contributed by atoms with Crippen LogP contribution in [0.3, 0.4) is 0 Å². The summed E-state index contributed by atoms with van der Waals surface area (Å²) in [5, 5.41) is 2.74. The van der Waals surface area contributed by atoms with Crippen LogP contribution < -0.4 is 5.32 Å². The van der Waals surface area contributed by atoms with Crippen LogP contribution in [0.4, 0.5) is 4.79 Å². The van der Waals surface area contributed by atoms with Gasteiger partial charge in [0.15, 0.2) is 0 Å². The maximum atomic E-state index is 10.8. The first-order chi connectivity index (χ1) is 4.34. The van der Waals surface area contributed by atoms with Crippen LogP contribution in [-0.2, 0) is 0 Å². The summed E-state index contributed by atoms with van der Waals surface area (Å²) in [5.41, 5.74) is 0. The Morgan fingerprint density at radius 2 is 2.56 bits per heavy atom. The van der Waals surface area contributed by atoms with Gasteiger partial charge in [0, 0.05) is 19.3 Å². The van der Waals surface area contributed by atoms with Crippen molar-refractivity contribution in [2.24, 2.45) is 0 Å². The summed E-state index contributed by atoms with van der Waals surface area (Å²) < 4.78 is 0. The summed E-state index contributed by atoms with van der Waals surface area (Å²) in [6.07, 6.45) is 1.68. The highest BCUT2D eigenvalue weighted by Crippen LogP contribution is 1.95. The highest BCUT2D eigenvalue weighted by molar-refractivity contribution is 6.09. The van der Waals surface area contributed by atoms with Crippen molar-refractivity contribution >= 4 is 16.3 Å². The molecule has 1 heterocycles. The summed E-state index contributed by atoms with van der Waals surface area (Å²) in [7, 11) is 3.26. The number of hydrogen-bond acceptors (Lipinski definition) is 1. The number of nitrogens with one attached hydrogen (secondary N) is 1. The average molecular weight is 141 g/mol. The molecule has 9 heavy (non-hydrogen) atoms. The number of nitrogens with zero attached hydrogens (tertiary/aromatic N) is 1. The third-order valence-corrected chi connectivity index (χ3v) is 1.74. The van der Waals surface area contributed by atoms with E-state index in [0.29, 0.717) is 6.17 Å². The second-order valence-electron chi connectivity index (χ2n) is 2.01. The molecule has 1 aliphatic rings. The first-order valence-electron chi connectivity index (χ1n) is 3.02. The number of carbonyl (C=O) groups is 1. The molecule has 3 radical (unpaired) electrons. The van der Waals surface area contributed by atoms with Gasteiger partial charge in [-0.05, 0) is 6.42 Å². The average Bonchev–Trinajstić information content (AvgIpc) is 1.89. The van der Waals surface area contributed by atoms with E-state index in [1.165, 1.54) is 0 Å². The van der Waals surface area contributed by atoms with Gasteiger partial charge in [0.1, 0.15) is 0 Å². The van der Waals surface area contributed by atoms with Crippen molar-refractivity contribution in [3.8, 4) is 0 Å². The molecular formula is C5H9N2OSi. The summed E-state index contributed by atoms with van der Waals surface area (Å²) in [6.45, 7) is 1.69. The van der Waals surface area contributed by atoms with Gasteiger partial charge in [-0.1, -0.05) is 0 Å². The third-order valence-electron chi connectivity index (χ3n) is 1.36. The van der Waals surface area contributed by atoms with Crippen LogP contribution in [-0.4, -0.2) is 40.4 Å². The standard InChI is InChI=1S/C5H9N2OSi/c8-5-6-2-1-3-7(5)4-9/h1-4H2,(H,6,8). The van der Waals surface area contributed by atoms with Gasteiger partial charge in [-0.2, -0.15) is 0 Å². The van der Waals surface area contributed by atoms with E-state index in [4.69, 9.17) is 0 Å². The second kappa shape index (κ2) is 2.86. The highest BCUT2D eigenvalue weighted by Gasteiger charge is 2.13. The molecule has 0 aromatic rings. The zero-order valence-corrected chi connectivity index (χ0v) is 6.18. The fraction of sp³-hybridized carbons (Fsp3) is 0.800. The molecule has 0 unspecified atom stereocenters. The Morgan fingerprint density at radius 3 is 3.00 bits per heavy atom. The van der Waals surface area contributed by atoms with Gasteiger partial charge in [0.25, 0.3) is 0 Å². The van der Waals surface area contributed by atoms with Crippen LogP contribution in [0.2, 0.25) is 0 Å². The Kier molecular flexibility index (Phi) is 2.10. The Bertz CT molecular complexity index is 118. The van der Waals surface area contributed by atoms with E-state index in [9.17, 15) is 4.79 Å². The first-order valence-corrected chi connectivity index (χ1v) is 3.72. The molecule has 0 spiro atoms. The monoisotopic (exact) mass is 141 g/mol. The van der Waals surface area contributed by atoms with Crippen molar-refractivity contribution in [1.29, 1.82) is 0 Å². The van der Waals surface area contributed by atoms with Gasteiger partial charge in [0.05, 0.1) is 10.2 Å². The minimum Gasteiger partial charge on any atom is -0.338 e. The molecule has 1 N–H and O–H groups in total. The lowest BCUT2D eigenvalue weighted by Crippen LogP contribution is -2.46. The predicted molar refractivity (Wildman–Crippen MR) is 35.3 cm³/mol. The van der Waals surface area contributed by atoms with Crippen molar-refractivity contribution in [1.82, 2.24) is 10.2 Å². The Labute approximate surface area is 57.8 Å². The van der Waals surface area contributed by atoms with Gasteiger partial charge in [-0.15, -0.1) is 0 Å². The number of urea groups is 1. The number of hydrogen-bond donors (Lipinski definition) is 1. The summed E-state index contributed by atoms with van der Waals surface area (Å²) >= 11 is 0. The van der Waals surface area contributed by atoms with Gasteiger partial charge in [0.2, 0.25) is 0 Å². The quantitative estimate of drug-likeness (QED) is 0.492. The molecule has 1 fully saturated rings. The maximum Gasteiger partial charge on any atom is 0.317 e. The zero-order valence-electron chi connectivity index (χ0n) is 5.18.